The zero-order chi connectivity index (χ0) is 15.9. The molecule has 5 rings (SSSR count). The van der Waals surface area contributed by atoms with E-state index in [0.717, 1.165) is 46.2 Å². The number of hydrogen-bond acceptors (Lipinski definition) is 6. The summed E-state index contributed by atoms with van der Waals surface area (Å²) < 4.78 is 12.1. The summed E-state index contributed by atoms with van der Waals surface area (Å²) in [6.45, 7) is 2.63. The predicted octanol–water partition coefficient (Wildman–Crippen LogP) is 3.80. The third-order valence-electron chi connectivity index (χ3n) is 4.64. The van der Waals surface area contributed by atoms with Crippen LogP contribution in [0.15, 0.2) is 36.0 Å². The van der Waals surface area contributed by atoms with Crippen molar-refractivity contribution in [3.05, 3.63) is 41.5 Å². The van der Waals surface area contributed by atoms with E-state index >= 15 is 0 Å². The summed E-state index contributed by atoms with van der Waals surface area (Å²) in [4.78, 5) is 12.4. The number of nitrogens with zero attached hydrogens (tertiary/aromatic N) is 3. The van der Waals surface area contributed by atoms with Crippen LogP contribution in [-0.4, -0.2) is 29.7 Å². The molecule has 1 atom stereocenters. The van der Waals surface area contributed by atoms with Crippen molar-refractivity contribution in [3.63, 3.8) is 0 Å². The zero-order valence-electron chi connectivity index (χ0n) is 13.1. The van der Waals surface area contributed by atoms with Crippen molar-refractivity contribution in [2.45, 2.75) is 18.9 Å². The summed E-state index contributed by atoms with van der Waals surface area (Å²) >= 11 is 1.65. The Morgan fingerprint density at radius 3 is 2.79 bits per heavy atom. The van der Waals surface area contributed by atoms with Crippen molar-refractivity contribution in [1.29, 1.82) is 0 Å². The maximum absolute atomic E-state index is 6.21. The quantitative estimate of drug-likeness (QED) is 0.711. The summed E-state index contributed by atoms with van der Waals surface area (Å²) in [6.07, 6.45) is 3.99. The molecule has 1 aromatic carbocycles. The molecule has 0 N–H and O–H groups in total. The third-order valence-corrected chi connectivity index (χ3v) is 5.54. The van der Waals surface area contributed by atoms with Crippen LogP contribution in [0.3, 0.4) is 0 Å². The Balaban J connectivity index is 1.58. The molecular weight excluding hydrogens is 322 g/mol. The Bertz CT molecular complexity index is 889. The number of hydrogen-bond donors (Lipinski definition) is 0. The third kappa shape index (κ3) is 2.21. The Morgan fingerprint density at radius 1 is 1.08 bits per heavy atom. The largest absolute Gasteiger partial charge is 0.485 e. The Morgan fingerprint density at radius 2 is 1.92 bits per heavy atom. The van der Waals surface area contributed by atoms with Crippen molar-refractivity contribution in [2.24, 2.45) is 0 Å². The van der Waals surface area contributed by atoms with Gasteiger partial charge in [0, 0.05) is 24.0 Å². The van der Waals surface area contributed by atoms with E-state index in [0.29, 0.717) is 6.61 Å². The molecule has 0 spiro atoms. The van der Waals surface area contributed by atoms with E-state index in [1.165, 1.54) is 12.8 Å². The molecule has 4 heterocycles. The molecule has 24 heavy (non-hydrogen) atoms. The summed E-state index contributed by atoms with van der Waals surface area (Å²) in [5.74, 6) is 2.65. The summed E-state index contributed by atoms with van der Waals surface area (Å²) in [5.41, 5.74) is 1.13. The highest BCUT2D eigenvalue weighted by Crippen LogP contribution is 2.41. The maximum atomic E-state index is 6.21. The molecule has 6 heteroatoms. The van der Waals surface area contributed by atoms with Crippen LogP contribution in [0.4, 0.5) is 5.82 Å². The first-order chi connectivity index (χ1) is 11.9. The van der Waals surface area contributed by atoms with Gasteiger partial charge < -0.3 is 14.4 Å². The van der Waals surface area contributed by atoms with Crippen LogP contribution in [0.5, 0.6) is 11.5 Å². The molecule has 3 aromatic rings. The molecule has 0 bridgehead atoms. The molecular formula is C18H17N3O2S. The molecule has 0 amide bonds. The van der Waals surface area contributed by atoms with Gasteiger partial charge in [0.25, 0.3) is 0 Å². The average molecular weight is 339 g/mol. The lowest BCUT2D eigenvalue weighted by Crippen LogP contribution is -2.23. The molecule has 5 nitrogen and oxygen atoms in total. The minimum atomic E-state index is -0.124. The van der Waals surface area contributed by atoms with Gasteiger partial charge in [0.2, 0.25) is 0 Å². The molecule has 0 aliphatic carbocycles. The molecule has 0 unspecified atom stereocenters. The molecule has 1 saturated heterocycles. The Hall–Kier alpha value is -2.34. The van der Waals surface area contributed by atoms with Crippen molar-refractivity contribution < 1.29 is 9.47 Å². The second-order valence-electron chi connectivity index (χ2n) is 6.13. The lowest BCUT2D eigenvalue weighted by atomic mass is 10.1. The molecule has 2 aliphatic rings. The number of benzene rings is 1. The molecule has 1 fully saturated rings. The van der Waals surface area contributed by atoms with Gasteiger partial charge in [-0.05, 0) is 25.0 Å². The van der Waals surface area contributed by atoms with Gasteiger partial charge in [-0.3, -0.25) is 0 Å². The molecule has 122 valence electrons. The van der Waals surface area contributed by atoms with E-state index < -0.39 is 0 Å². The van der Waals surface area contributed by atoms with Crippen molar-refractivity contribution >= 4 is 27.4 Å². The van der Waals surface area contributed by atoms with E-state index in [9.17, 15) is 0 Å². The topological polar surface area (TPSA) is 47.5 Å². The number of anilines is 1. The monoisotopic (exact) mass is 339 g/mol. The lowest BCUT2D eigenvalue weighted by Gasteiger charge is -2.27. The van der Waals surface area contributed by atoms with Gasteiger partial charge in [-0.25, -0.2) is 9.97 Å². The van der Waals surface area contributed by atoms with Gasteiger partial charge in [0.1, 0.15) is 23.6 Å². The van der Waals surface area contributed by atoms with E-state index in [2.05, 4.69) is 20.2 Å². The first-order valence-electron chi connectivity index (χ1n) is 8.26. The van der Waals surface area contributed by atoms with Crippen molar-refractivity contribution in [3.8, 4) is 11.5 Å². The summed E-state index contributed by atoms with van der Waals surface area (Å²) in [6, 6.07) is 7.82. The van der Waals surface area contributed by atoms with Crippen LogP contribution in [0.1, 0.15) is 24.5 Å². The maximum Gasteiger partial charge on any atom is 0.162 e. The van der Waals surface area contributed by atoms with Crippen molar-refractivity contribution in [1.82, 2.24) is 9.97 Å². The van der Waals surface area contributed by atoms with Crippen molar-refractivity contribution in [2.75, 3.05) is 24.6 Å². The number of rotatable bonds is 2. The van der Waals surface area contributed by atoms with E-state index in [-0.39, 0.29) is 6.10 Å². The molecule has 0 radical (unpaired) electrons. The van der Waals surface area contributed by atoms with E-state index in [4.69, 9.17) is 9.47 Å². The van der Waals surface area contributed by atoms with E-state index in [1.807, 2.05) is 24.3 Å². The highest BCUT2D eigenvalue weighted by atomic mass is 32.1. The first-order valence-corrected chi connectivity index (χ1v) is 9.13. The predicted molar refractivity (Wildman–Crippen MR) is 94.2 cm³/mol. The number of para-hydroxylation sites is 2. The van der Waals surface area contributed by atoms with Gasteiger partial charge in [0.15, 0.2) is 17.6 Å². The van der Waals surface area contributed by atoms with Crippen LogP contribution in [0.25, 0.3) is 10.2 Å². The molecule has 0 saturated carbocycles. The van der Waals surface area contributed by atoms with E-state index in [1.54, 1.807) is 17.7 Å². The number of fused-ring (bicyclic) bond motifs is 2. The van der Waals surface area contributed by atoms with Gasteiger partial charge >= 0.3 is 0 Å². The lowest BCUT2D eigenvalue weighted by molar-refractivity contribution is 0.0925. The summed E-state index contributed by atoms with van der Waals surface area (Å²) in [7, 11) is 0. The van der Waals surface area contributed by atoms with Crippen LogP contribution >= 0.6 is 11.3 Å². The standard InChI is InChI=1S/C18H17N3O2S/c1-2-6-14-13(5-1)22-9-15(23-14)12-10-24-18-16(12)17(19-11-20-18)21-7-3-4-8-21/h1-2,5-6,10-11,15H,3-4,7-9H2/t15-/m1/s1. The highest BCUT2D eigenvalue weighted by Gasteiger charge is 2.28. The van der Waals surface area contributed by atoms with Crippen LogP contribution in [0, 0.1) is 0 Å². The second-order valence-corrected chi connectivity index (χ2v) is 6.98. The van der Waals surface area contributed by atoms with Crippen LogP contribution in [-0.2, 0) is 0 Å². The zero-order valence-corrected chi connectivity index (χ0v) is 14.0. The normalized spacial score (nSPS) is 19.8. The van der Waals surface area contributed by atoms with Crippen LogP contribution < -0.4 is 14.4 Å². The minimum absolute atomic E-state index is 0.124. The average Bonchev–Trinajstić information content (AvgIpc) is 3.31. The smallest absolute Gasteiger partial charge is 0.162 e. The Kier molecular flexibility index (Phi) is 3.29. The summed E-state index contributed by atoms with van der Waals surface area (Å²) in [5, 5.41) is 3.26. The van der Waals surface area contributed by atoms with Gasteiger partial charge in [-0.2, -0.15) is 0 Å². The van der Waals surface area contributed by atoms with Gasteiger partial charge in [-0.15, -0.1) is 11.3 Å². The fourth-order valence-corrected chi connectivity index (χ4v) is 4.40. The fourth-order valence-electron chi connectivity index (χ4n) is 3.46. The highest BCUT2D eigenvalue weighted by molar-refractivity contribution is 7.17. The number of aromatic nitrogens is 2. The minimum Gasteiger partial charge on any atom is -0.485 e. The molecule has 2 aromatic heterocycles. The SMILES string of the molecule is c1ccc2c(c1)OC[C@H](c1csc3ncnc(N4CCCC4)c13)O2. The second kappa shape index (κ2) is 5.63. The van der Waals surface area contributed by atoms with Gasteiger partial charge in [-0.1, -0.05) is 12.1 Å². The number of ether oxygens (including phenoxy) is 2. The number of thiophene rings is 1. The van der Waals surface area contributed by atoms with Crippen LogP contribution in [0.2, 0.25) is 0 Å². The van der Waals surface area contributed by atoms with Gasteiger partial charge in [0.05, 0.1) is 5.39 Å². The fraction of sp³-hybridized carbons (Fsp3) is 0.333. The Labute approximate surface area is 143 Å². The molecule has 2 aliphatic heterocycles. The first kappa shape index (κ1) is 14.0.